The molecule has 3 rings (SSSR count). The summed E-state index contributed by atoms with van der Waals surface area (Å²) < 4.78 is 34.7. The number of ether oxygens (including phenoxy) is 1. The lowest BCUT2D eigenvalue weighted by Crippen LogP contribution is -2.51. The number of aryl methyl sites for hydroxylation is 2. The zero-order valence-electron chi connectivity index (χ0n) is 24.0. The lowest BCUT2D eigenvalue weighted by Gasteiger charge is -2.32. The molecule has 8 nitrogen and oxygen atoms in total. The molecule has 0 heterocycles. The molecule has 0 saturated carbocycles. The van der Waals surface area contributed by atoms with Gasteiger partial charge in [-0.2, -0.15) is 0 Å². The average molecular weight is 566 g/mol. The maximum atomic E-state index is 14.0. The fraction of sp³-hybridized carbons (Fsp3) is 0.355. The minimum atomic E-state index is -4.18. The quantitative estimate of drug-likeness (QED) is 0.344. The van der Waals surface area contributed by atoms with Gasteiger partial charge in [0.15, 0.2) is 0 Å². The van der Waals surface area contributed by atoms with Gasteiger partial charge in [0.1, 0.15) is 18.3 Å². The van der Waals surface area contributed by atoms with E-state index in [1.807, 2.05) is 64.1 Å². The van der Waals surface area contributed by atoms with Crippen LogP contribution in [0.1, 0.15) is 37.5 Å². The predicted molar refractivity (Wildman–Crippen MR) is 158 cm³/mol. The van der Waals surface area contributed by atoms with Crippen LogP contribution in [0.25, 0.3) is 0 Å². The number of rotatable bonds is 12. The molecule has 3 aromatic rings. The summed E-state index contributed by atoms with van der Waals surface area (Å²) in [5, 5.41) is 2.89. The molecule has 214 valence electrons. The Morgan fingerprint density at radius 3 is 2.12 bits per heavy atom. The lowest BCUT2D eigenvalue weighted by atomic mass is 10.1. The summed E-state index contributed by atoms with van der Waals surface area (Å²) in [5.41, 5.74) is 2.77. The maximum absolute atomic E-state index is 14.0. The highest BCUT2D eigenvalue weighted by Gasteiger charge is 2.34. The van der Waals surface area contributed by atoms with Crippen LogP contribution < -0.4 is 14.4 Å². The fourth-order valence-corrected chi connectivity index (χ4v) is 5.58. The molecule has 1 N–H and O–H groups in total. The average Bonchev–Trinajstić information content (AvgIpc) is 2.93. The van der Waals surface area contributed by atoms with E-state index in [-0.39, 0.29) is 29.0 Å². The van der Waals surface area contributed by atoms with E-state index in [9.17, 15) is 18.0 Å². The number of nitrogens with one attached hydrogen (secondary N) is 1. The summed E-state index contributed by atoms with van der Waals surface area (Å²) in [6, 6.07) is 20.1. The highest BCUT2D eigenvalue weighted by atomic mass is 32.2. The lowest BCUT2D eigenvalue weighted by molar-refractivity contribution is -0.139. The van der Waals surface area contributed by atoms with E-state index in [0.717, 1.165) is 21.0 Å². The number of nitrogens with zero attached hydrogens (tertiary/aromatic N) is 2. The molecule has 0 aliphatic carbocycles. The number of benzene rings is 3. The second-order valence-corrected chi connectivity index (χ2v) is 12.2. The van der Waals surface area contributed by atoms with Gasteiger partial charge in [0.2, 0.25) is 11.8 Å². The van der Waals surface area contributed by atoms with Gasteiger partial charge in [-0.3, -0.25) is 13.9 Å². The number of sulfonamides is 1. The molecular weight excluding hydrogens is 526 g/mol. The summed E-state index contributed by atoms with van der Waals surface area (Å²) in [4.78, 5) is 28.6. The number of methoxy groups -OCH3 is 1. The summed E-state index contributed by atoms with van der Waals surface area (Å²) in [6.45, 7) is 9.41. The van der Waals surface area contributed by atoms with Crippen molar-refractivity contribution in [1.29, 1.82) is 0 Å². The smallest absolute Gasteiger partial charge is 0.264 e. The monoisotopic (exact) mass is 565 g/mol. The van der Waals surface area contributed by atoms with E-state index in [0.29, 0.717) is 12.3 Å². The third-order valence-electron chi connectivity index (χ3n) is 6.54. The molecule has 0 spiro atoms. The van der Waals surface area contributed by atoms with Gasteiger partial charge in [0, 0.05) is 13.1 Å². The standard InChI is InChI=1S/C31H39N3O5S/c1-22(2)19-32-31(36)25(5)33(20-26-10-8-7-9-11-26)30(35)21-34(28-18-24(4)14-17-29(28)39-6)40(37,38)27-15-12-23(3)13-16-27/h7-18,22,25H,19-21H2,1-6H3,(H,32,36). The highest BCUT2D eigenvalue weighted by Crippen LogP contribution is 2.33. The Morgan fingerprint density at radius 1 is 0.900 bits per heavy atom. The minimum Gasteiger partial charge on any atom is -0.495 e. The minimum absolute atomic E-state index is 0.0480. The Bertz CT molecular complexity index is 1410. The van der Waals surface area contributed by atoms with Crippen molar-refractivity contribution in [3.05, 3.63) is 89.5 Å². The zero-order valence-corrected chi connectivity index (χ0v) is 24.9. The fourth-order valence-electron chi connectivity index (χ4n) is 4.16. The van der Waals surface area contributed by atoms with Crippen molar-refractivity contribution < 1.29 is 22.7 Å². The molecule has 0 aliphatic rings. The molecule has 0 fully saturated rings. The molecule has 0 aliphatic heterocycles. The van der Waals surface area contributed by atoms with Crippen molar-refractivity contribution in [1.82, 2.24) is 10.2 Å². The third kappa shape index (κ3) is 7.63. The first-order valence-corrected chi connectivity index (χ1v) is 14.7. The predicted octanol–water partition coefficient (Wildman–Crippen LogP) is 4.70. The van der Waals surface area contributed by atoms with Crippen molar-refractivity contribution in [2.24, 2.45) is 5.92 Å². The SMILES string of the molecule is COc1ccc(C)cc1N(CC(=O)N(Cc1ccccc1)C(C)C(=O)NCC(C)C)S(=O)(=O)c1ccc(C)cc1. The Kier molecular flexibility index (Phi) is 10.3. The molecule has 1 unspecified atom stereocenters. The van der Waals surface area contributed by atoms with Crippen molar-refractivity contribution in [2.45, 2.75) is 52.1 Å². The van der Waals surface area contributed by atoms with Crippen LogP contribution in [0.15, 0.2) is 77.7 Å². The highest BCUT2D eigenvalue weighted by molar-refractivity contribution is 7.92. The van der Waals surface area contributed by atoms with Crippen LogP contribution in [-0.2, 0) is 26.2 Å². The number of anilines is 1. The van der Waals surface area contributed by atoms with Crippen LogP contribution in [0.5, 0.6) is 5.75 Å². The van der Waals surface area contributed by atoms with Crippen molar-refractivity contribution in [3.8, 4) is 5.75 Å². The largest absolute Gasteiger partial charge is 0.495 e. The molecule has 0 aromatic heterocycles. The maximum Gasteiger partial charge on any atom is 0.264 e. The van der Waals surface area contributed by atoms with Crippen LogP contribution in [0.2, 0.25) is 0 Å². The third-order valence-corrected chi connectivity index (χ3v) is 8.31. The molecule has 3 aromatic carbocycles. The van der Waals surface area contributed by atoms with Crippen LogP contribution in [0, 0.1) is 19.8 Å². The Hall–Kier alpha value is -3.85. The van der Waals surface area contributed by atoms with E-state index < -0.39 is 28.5 Å². The Morgan fingerprint density at radius 2 is 1.52 bits per heavy atom. The Balaban J connectivity index is 2.07. The zero-order chi connectivity index (χ0) is 29.4. The summed E-state index contributed by atoms with van der Waals surface area (Å²) in [7, 11) is -2.73. The van der Waals surface area contributed by atoms with Crippen LogP contribution in [0.4, 0.5) is 5.69 Å². The number of amides is 2. The summed E-state index contributed by atoms with van der Waals surface area (Å²) >= 11 is 0. The van der Waals surface area contributed by atoms with Gasteiger partial charge in [-0.25, -0.2) is 8.42 Å². The first-order valence-electron chi connectivity index (χ1n) is 13.3. The number of hydrogen-bond donors (Lipinski definition) is 1. The van der Waals surface area contributed by atoms with E-state index in [1.54, 1.807) is 31.2 Å². The van der Waals surface area contributed by atoms with Crippen molar-refractivity contribution >= 4 is 27.5 Å². The Labute approximate surface area is 238 Å². The van der Waals surface area contributed by atoms with Crippen molar-refractivity contribution in [2.75, 3.05) is 24.5 Å². The molecule has 0 bridgehead atoms. The topological polar surface area (TPSA) is 96.0 Å². The van der Waals surface area contributed by atoms with E-state index in [1.165, 1.54) is 24.1 Å². The first-order chi connectivity index (χ1) is 18.9. The molecule has 0 saturated heterocycles. The second kappa shape index (κ2) is 13.5. The molecule has 0 radical (unpaired) electrons. The molecule has 1 atom stereocenters. The van der Waals surface area contributed by atoms with Crippen LogP contribution >= 0.6 is 0 Å². The second-order valence-electron chi connectivity index (χ2n) is 10.3. The van der Waals surface area contributed by atoms with Gasteiger partial charge < -0.3 is 15.0 Å². The number of hydrogen-bond acceptors (Lipinski definition) is 5. The number of carbonyl (C=O) groups is 2. The van der Waals surface area contributed by atoms with Crippen molar-refractivity contribution in [3.63, 3.8) is 0 Å². The van der Waals surface area contributed by atoms with E-state index in [2.05, 4.69) is 5.32 Å². The van der Waals surface area contributed by atoms with Gasteiger partial charge in [-0.05, 0) is 62.1 Å². The molecule has 40 heavy (non-hydrogen) atoms. The molecule has 2 amide bonds. The van der Waals surface area contributed by atoms with Gasteiger partial charge in [0.05, 0.1) is 17.7 Å². The van der Waals surface area contributed by atoms with E-state index >= 15 is 0 Å². The molecule has 9 heteroatoms. The first kappa shape index (κ1) is 30.7. The van der Waals surface area contributed by atoms with Gasteiger partial charge in [-0.1, -0.05) is 67.9 Å². The summed E-state index contributed by atoms with van der Waals surface area (Å²) in [5.74, 6) is -0.279. The van der Waals surface area contributed by atoms with Crippen LogP contribution in [-0.4, -0.2) is 51.4 Å². The van der Waals surface area contributed by atoms with Gasteiger partial charge >= 0.3 is 0 Å². The number of carbonyl (C=O) groups excluding carboxylic acids is 2. The normalized spacial score (nSPS) is 12.1. The van der Waals surface area contributed by atoms with E-state index in [4.69, 9.17) is 4.74 Å². The molecular formula is C31H39N3O5S. The summed E-state index contributed by atoms with van der Waals surface area (Å²) in [6.07, 6.45) is 0. The van der Waals surface area contributed by atoms with Crippen LogP contribution in [0.3, 0.4) is 0 Å². The van der Waals surface area contributed by atoms with Gasteiger partial charge in [-0.15, -0.1) is 0 Å². The van der Waals surface area contributed by atoms with Gasteiger partial charge in [0.25, 0.3) is 10.0 Å².